The highest BCUT2D eigenvalue weighted by Gasteiger charge is 2.40. The number of benzene rings is 2. The molecule has 0 unspecified atom stereocenters. The Bertz CT molecular complexity index is 2220. The smallest absolute Gasteiger partial charge is 0.436 e. The van der Waals surface area contributed by atoms with Gasteiger partial charge in [0.1, 0.15) is 11.1 Å². The van der Waals surface area contributed by atoms with Gasteiger partial charge in [-0.25, -0.2) is 9.59 Å². The second-order valence-electron chi connectivity index (χ2n) is 10.6. The van der Waals surface area contributed by atoms with E-state index in [4.69, 9.17) is 28.3 Å². The lowest BCUT2D eigenvalue weighted by Gasteiger charge is -2.05. The maximum Gasteiger partial charge on any atom is 0.436 e. The first-order valence-electron chi connectivity index (χ1n) is 14.3. The van der Waals surface area contributed by atoms with E-state index in [1.165, 1.54) is 19.3 Å². The molecule has 6 aromatic rings. The van der Waals surface area contributed by atoms with Crippen molar-refractivity contribution in [1.82, 2.24) is 29.5 Å². The fraction of sp³-hybridized carbons (Fsp3) is 0.212. The topological polar surface area (TPSA) is 125 Å². The zero-order valence-electron chi connectivity index (χ0n) is 25.4. The van der Waals surface area contributed by atoms with Gasteiger partial charge < -0.3 is 9.84 Å². The quantitative estimate of drug-likeness (QED) is 0.127. The first-order valence-corrected chi connectivity index (χ1v) is 15.1. The average molecular weight is 756 g/mol. The van der Waals surface area contributed by atoms with Crippen molar-refractivity contribution in [3.05, 3.63) is 117 Å². The zero-order chi connectivity index (χ0) is 36.4. The number of ether oxygens (including phenoxy) is 1. The van der Waals surface area contributed by atoms with Crippen LogP contribution in [0.25, 0.3) is 21.8 Å². The number of nitrogens with zero attached hydrogens (tertiary/aromatic N) is 6. The monoisotopic (exact) mass is 754 g/mol. The number of pyridine rings is 2. The second kappa shape index (κ2) is 15.3. The van der Waals surface area contributed by atoms with Gasteiger partial charge in [-0.05, 0) is 54.4 Å². The number of rotatable bonds is 7. The van der Waals surface area contributed by atoms with Crippen LogP contribution in [-0.2, 0) is 30.2 Å². The number of carbonyl (C=O) groups is 2. The lowest BCUT2D eigenvalue weighted by atomic mass is 10.1. The van der Waals surface area contributed by atoms with Crippen molar-refractivity contribution in [2.45, 2.75) is 39.8 Å². The Hall–Kier alpha value is -5.22. The minimum Gasteiger partial charge on any atom is -0.478 e. The Morgan fingerprint density at radius 3 is 1.57 bits per heavy atom. The van der Waals surface area contributed by atoms with Crippen LogP contribution in [0.4, 0.5) is 26.3 Å². The minimum atomic E-state index is -4.83. The summed E-state index contributed by atoms with van der Waals surface area (Å²) in [4.78, 5) is 31.0. The van der Waals surface area contributed by atoms with Gasteiger partial charge in [-0.15, -0.1) is 0 Å². The molecule has 18 heteroatoms. The summed E-state index contributed by atoms with van der Waals surface area (Å²) >= 11 is 11.8. The molecule has 0 aliphatic carbocycles. The van der Waals surface area contributed by atoms with Gasteiger partial charge in [0.25, 0.3) is 0 Å². The lowest BCUT2D eigenvalue weighted by Crippen LogP contribution is -2.14. The van der Waals surface area contributed by atoms with Crippen molar-refractivity contribution in [2.75, 3.05) is 6.61 Å². The molecule has 1 N–H and O–H groups in total. The summed E-state index contributed by atoms with van der Waals surface area (Å²) < 4.78 is 84.7. The largest absolute Gasteiger partial charge is 0.478 e. The Morgan fingerprint density at radius 1 is 0.745 bits per heavy atom. The van der Waals surface area contributed by atoms with Crippen LogP contribution in [-0.4, -0.2) is 53.2 Å². The minimum absolute atomic E-state index is 0. The number of carboxylic acid groups (broad SMARTS) is 1. The van der Waals surface area contributed by atoms with Crippen molar-refractivity contribution < 1.29 is 45.8 Å². The molecule has 4 aromatic heterocycles. The van der Waals surface area contributed by atoms with Crippen molar-refractivity contribution in [3.63, 3.8) is 0 Å². The number of halogens is 8. The van der Waals surface area contributed by atoms with E-state index in [0.29, 0.717) is 32.2 Å². The summed E-state index contributed by atoms with van der Waals surface area (Å²) in [6, 6.07) is 13.7. The summed E-state index contributed by atoms with van der Waals surface area (Å²) in [5.74, 6) is -2.73. The number of alkyl halides is 6. The number of carbonyl (C=O) groups excluding carboxylic acids is 1. The van der Waals surface area contributed by atoms with Gasteiger partial charge in [-0.1, -0.05) is 42.8 Å². The highest BCUT2D eigenvalue weighted by atomic mass is 35.5. The molecule has 0 fully saturated rings. The van der Waals surface area contributed by atoms with E-state index >= 15 is 0 Å². The number of carboxylic acids is 1. The van der Waals surface area contributed by atoms with Crippen LogP contribution in [0.2, 0.25) is 10.0 Å². The molecule has 0 amide bonds. The fourth-order valence-corrected chi connectivity index (χ4v) is 5.15. The fourth-order valence-electron chi connectivity index (χ4n) is 4.82. The number of esters is 1. The Morgan fingerprint density at radius 2 is 1.18 bits per heavy atom. The van der Waals surface area contributed by atoms with Crippen LogP contribution in [0.1, 0.15) is 57.6 Å². The Balaban J connectivity index is 0.000000225. The average Bonchev–Trinajstić information content (AvgIpc) is 3.67. The van der Waals surface area contributed by atoms with Crippen LogP contribution >= 0.6 is 23.2 Å². The number of hydrogen-bond donors (Lipinski definition) is 1. The molecule has 0 atom stereocenters. The molecule has 4 heterocycles. The van der Waals surface area contributed by atoms with Crippen molar-refractivity contribution >= 4 is 56.9 Å². The lowest BCUT2D eigenvalue weighted by molar-refractivity contribution is -0.142. The van der Waals surface area contributed by atoms with Crippen molar-refractivity contribution in [3.8, 4) is 0 Å². The molecular formula is C33H26Cl2F6N6O4. The highest BCUT2D eigenvalue weighted by molar-refractivity contribution is 6.31. The summed E-state index contributed by atoms with van der Waals surface area (Å²) in [6.45, 7) is 1.52. The third-order valence-electron chi connectivity index (χ3n) is 6.90. The SMILES string of the molecule is C.CCOC(=O)c1cn(Cc2ccc3ncc(Cl)cc3c2)nc1C(F)(F)F.O=C(O)c1cn(Cc2ccc3ncc(Cl)cc3c2)nc1C(F)(F)F. The predicted molar refractivity (Wildman–Crippen MR) is 176 cm³/mol. The first-order chi connectivity index (χ1) is 23.5. The predicted octanol–water partition coefficient (Wildman–Crippen LogP) is 8.81. The maximum atomic E-state index is 13.1. The maximum absolute atomic E-state index is 13.1. The molecule has 10 nitrogen and oxygen atoms in total. The van der Waals surface area contributed by atoms with Crippen LogP contribution in [0.15, 0.2) is 73.3 Å². The highest BCUT2D eigenvalue weighted by Crippen LogP contribution is 2.32. The molecule has 268 valence electrons. The van der Waals surface area contributed by atoms with Gasteiger partial charge in [0.2, 0.25) is 0 Å². The molecule has 0 saturated carbocycles. The molecule has 0 aliphatic rings. The van der Waals surface area contributed by atoms with E-state index in [-0.39, 0.29) is 27.1 Å². The molecule has 2 aromatic carbocycles. The van der Waals surface area contributed by atoms with E-state index in [1.807, 2.05) is 0 Å². The number of aromatic nitrogens is 6. The summed E-state index contributed by atoms with van der Waals surface area (Å²) in [6.07, 6.45) is -4.68. The summed E-state index contributed by atoms with van der Waals surface area (Å²) in [5.41, 5.74) is -1.44. The molecule has 0 aliphatic heterocycles. The van der Waals surface area contributed by atoms with E-state index in [2.05, 4.69) is 24.9 Å². The molecule has 0 spiro atoms. The van der Waals surface area contributed by atoms with Gasteiger partial charge in [0, 0.05) is 35.6 Å². The molecular weight excluding hydrogens is 729 g/mol. The van der Waals surface area contributed by atoms with Crippen LogP contribution < -0.4 is 0 Å². The van der Waals surface area contributed by atoms with Gasteiger partial charge in [0.05, 0.1) is 40.8 Å². The molecule has 6 rings (SSSR count). The molecule has 0 radical (unpaired) electrons. The van der Waals surface area contributed by atoms with Gasteiger partial charge in [-0.3, -0.25) is 19.3 Å². The van der Waals surface area contributed by atoms with Crippen LogP contribution in [0, 0.1) is 0 Å². The van der Waals surface area contributed by atoms with Crippen LogP contribution in [0.3, 0.4) is 0 Å². The molecule has 0 saturated heterocycles. The first kappa shape index (κ1) is 38.6. The third-order valence-corrected chi connectivity index (χ3v) is 7.31. The number of hydrogen-bond acceptors (Lipinski definition) is 7. The molecule has 51 heavy (non-hydrogen) atoms. The second-order valence-corrected chi connectivity index (χ2v) is 11.4. The number of aromatic carboxylic acids is 1. The summed E-state index contributed by atoms with van der Waals surface area (Å²) in [7, 11) is 0. The van der Waals surface area contributed by atoms with E-state index in [1.54, 1.807) is 48.5 Å². The van der Waals surface area contributed by atoms with E-state index < -0.39 is 46.8 Å². The molecule has 0 bridgehead atoms. The van der Waals surface area contributed by atoms with Gasteiger partial charge >= 0.3 is 24.3 Å². The van der Waals surface area contributed by atoms with Crippen molar-refractivity contribution in [1.29, 1.82) is 0 Å². The Kier molecular flexibility index (Phi) is 11.6. The van der Waals surface area contributed by atoms with Gasteiger partial charge in [-0.2, -0.15) is 36.5 Å². The third kappa shape index (κ3) is 9.32. The number of fused-ring (bicyclic) bond motifs is 2. The van der Waals surface area contributed by atoms with E-state index in [9.17, 15) is 35.9 Å². The standard InChI is InChI=1S/C17H13ClF3N3O2.C15H9ClF3N3O2.CH4/c1-2-26-16(25)13-9-24(23-15(13)17(19,20)21)8-10-3-4-14-11(5-10)6-12(18)7-22-14;16-10-4-9-3-8(1-2-12(9)20-5-10)6-22-7-11(14(23)24)13(21-22)15(17,18)19;/h3-7,9H,2,8H2,1H3;1-5,7H,6H2,(H,23,24);1H4. The van der Waals surface area contributed by atoms with E-state index in [0.717, 1.165) is 32.5 Å². The Labute approximate surface area is 295 Å². The van der Waals surface area contributed by atoms with Gasteiger partial charge in [0.15, 0.2) is 11.4 Å². The summed E-state index contributed by atoms with van der Waals surface area (Å²) in [5, 5.41) is 18.2. The van der Waals surface area contributed by atoms with Crippen molar-refractivity contribution in [2.24, 2.45) is 0 Å². The van der Waals surface area contributed by atoms with Crippen LogP contribution in [0.5, 0.6) is 0 Å². The zero-order valence-corrected chi connectivity index (χ0v) is 26.9. The normalized spacial score (nSPS) is 11.5.